The van der Waals surface area contributed by atoms with Crippen LogP contribution in [0.15, 0.2) is 12.1 Å². The summed E-state index contributed by atoms with van der Waals surface area (Å²) in [5.41, 5.74) is 2.47. The van der Waals surface area contributed by atoms with Gasteiger partial charge >= 0.3 is 6.09 Å². The molecule has 0 aromatic heterocycles. The Labute approximate surface area is 115 Å². The fourth-order valence-corrected chi connectivity index (χ4v) is 1.86. The summed E-state index contributed by atoms with van der Waals surface area (Å²) in [7, 11) is 1.71. The van der Waals surface area contributed by atoms with Crippen LogP contribution in [0.1, 0.15) is 37.5 Å². The number of phenols is 1. The van der Waals surface area contributed by atoms with Gasteiger partial charge in [-0.2, -0.15) is 0 Å². The van der Waals surface area contributed by atoms with Gasteiger partial charge in [0.15, 0.2) is 0 Å². The maximum Gasteiger partial charge on any atom is 0.410 e. The lowest BCUT2D eigenvalue weighted by atomic mass is 10.0. The number of aryl methyl sites for hydroxylation is 2. The van der Waals surface area contributed by atoms with Crippen molar-refractivity contribution < 1.29 is 14.6 Å². The van der Waals surface area contributed by atoms with E-state index in [1.165, 1.54) is 4.90 Å². The van der Waals surface area contributed by atoms with Crippen LogP contribution in [0.5, 0.6) is 5.75 Å². The Morgan fingerprint density at radius 3 is 2.16 bits per heavy atom. The van der Waals surface area contributed by atoms with E-state index in [2.05, 4.69) is 0 Å². The molecule has 1 N–H and O–H groups in total. The third-order valence-electron chi connectivity index (χ3n) is 2.78. The minimum atomic E-state index is -0.496. The van der Waals surface area contributed by atoms with Gasteiger partial charge in [-0.25, -0.2) is 4.79 Å². The number of benzene rings is 1. The molecule has 0 radical (unpaired) electrons. The predicted molar refractivity (Wildman–Crippen MR) is 75.3 cm³/mol. The van der Waals surface area contributed by atoms with E-state index in [1.807, 2.05) is 34.6 Å². The van der Waals surface area contributed by atoms with Gasteiger partial charge in [-0.1, -0.05) is 0 Å². The Hall–Kier alpha value is -1.71. The van der Waals surface area contributed by atoms with Crippen molar-refractivity contribution in [3.63, 3.8) is 0 Å². The van der Waals surface area contributed by atoms with Crippen molar-refractivity contribution in [2.45, 2.75) is 46.8 Å². The second-order valence-corrected chi connectivity index (χ2v) is 5.89. The molecule has 0 aliphatic carbocycles. The molecular formula is C15H23NO3. The quantitative estimate of drug-likeness (QED) is 0.891. The molecule has 0 bridgehead atoms. The van der Waals surface area contributed by atoms with Gasteiger partial charge in [-0.3, -0.25) is 0 Å². The van der Waals surface area contributed by atoms with E-state index in [4.69, 9.17) is 4.74 Å². The second kappa shape index (κ2) is 5.51. The molecular weight excluding hydrogens is 242 g/mol. The molecule has 19 heavy (non-hydrogen) atoms. The first-order valence-electron chi connectivity index (χ1n) is 6.33. The van der Waals surface area contributed by atoms with Crippen molar-refractivity contribution >= 4 is 6.09 Å². The molecule has 0 saturated heterocycles. The standard InChI is InChI=1S/C15H23NO3/c1-10-7-12(17)8-11(2)13(10)9-16(6)14(18)19-15(3,4)5/h7-8,17H,9H2,1-6H3. The highest BCUT2D eigenvalue weighted by atomic mass is 16.6. The Morgan fingerprint density at radius 1 is 1.26 bits per heavy atom. The molecule has 0 aliphatic rings. The van der Waals surface area contributed by atoms with Gasteiger partial charge in [0.25, 0.3) is 0 Å². The van der Waals surface area contributed by atoms with E-state index < -0.39 is 5.60 Å². The lowest BCUT2D eigenvalue weighted by Gasteiger charge is -2.25. The molecule has 1 amide bonds. The van der Waals surface area contributed by atoms with Crippen LogP contribution in [0.3, 0.4) is 0 Å². The van der Waals surface area contributed by atoms with E-state index in [-0.39, 0.29) is 11.8 Å². The third kappa shape index (κ3) is 4.47. The zero-order valence-electron chi connectivity index (χ0n) is 12.6. The summed E-state index contributed by atoms with van der Waals surface area (Å²) in [4.78, 5) is 13.4. The van der Waals surface area contributed by atoms with Gasteiger partial charge in [0.05, 0.1) is 0 Å². The smallest absolute Gasteiger partial charge is 0.410 e. The number of hydrogen-bond donors (Lipinski definition) is 1. The Bertz CT molecular complexity index is 452. The predicted octanol–water partition coefficient (Wildman–Crippen LogP) is 3.38. The fourth-order valence-electron chi connectivity index (χ4n) is 1.86. The zero-order chi connectivity index (χ0) is 14.8. The van der Waals surface area contributed by atoms with Gasteiger partial charge < -0.3 is 14.7 Å². The van der Waals surface area contributed by atoms with E-state index in [0.717, 1.165) is 16.7 Å². The molecule has 0 atom stereocenters. The highest BCUT2D eigenvalue weighted by Gasteiger charge is 2.20. The summed E-state index contributed by atoms with van der Waals surface area (Å²) in [6, 6.07) is 3.40. The number of rotatable bonds is 2. The zero-order valence-corrected chi connectivity index (χ0v) is 12.6. The highest BCUT2D eigenvalue weighted by molar-refractivity contribution is 5.68. The number of carbonyl (C=O) groups is 1. The van der Waals surface area contributed by atoms with Crippen molar-refractivity contribution in [2.75, 3.05) is 7.05 Å². The van der Waals surface area contributed by atoms with E-state index in [9.17, 15) is 9.90 Å². The summed E-state index contributed by atoms with van der Waals surface area (Å²) in [5.74, 6) is 0.249. The molecule has 1 aromatic carbocycles. The van der Waals surface area contributed by atoms with Crippen LogP contribution in [-0.2, 0) is 11.3 Å². The van der Waals surface area contributed by atoms with Crippen LogP contribution in [-0.4, -0.2) is 28.7 Å². The number of aromatic hydroxyl groups is 1. The van der Waals surface area contributed by atoms with Crippen LogP contribution in [0.2, 0.25) is 0 Å². The Kier molecular flexibility index (Phi) is 4.45. The van der Waals surface area contributed by atoms with Gasteiger partial charge in [0, 0.05) is 13.6 Å². The van der Waals surface area contributed by atoms with Crippen molar-refractivity contribution in [1.82, 2.24) is 4.90 Å². The Morgan fingerprint density at radius 2 is 1.74 bits per heavy atom. The number of amides is 1. The van der Waals surface area contributed by atoms with Gasteiger partial charge in [-0.15, -0.1) is 0 Å². The number of carbonyl (C=O) groups excluding carboxylic acids is 1. The SMILES string of the molecule is Cc1cc(O)cc(C)c1CN(C)C(=O)OC(C)(C)C. The maximum atomic E-state index is 11.9. The van der Waals surface area contributed by atoms with Crippen LogP contribution in [0, 0.1) is 13.8 Å². The molecule has 0 saturated carbocycles. The molecule has 0 heterocycles. The van der Waals surface area contributed by atoms with E-state index in [1.54, 1.807) is 19.2 Å². The highest BCUT2D eigenvalue weighted by Crippen LogP contribution is 2.22. The molecule has 4 nitrogen and oxygen atoms in total. The van der Waals surface area contributed by atoms with Crippen LogP contribution >= 0.6 is 0 Å². The van der Waals surface area contributed by atoms with E-state index >= 15 is 0 Å². The summed E-state index contributed by atoms with van der Waals surface area (Å²) in [5, 5.41) is 9.51. The first-order valence-corrected chi connectivity index (χ1v) is 6.33. The number of hydrogen-bond acceptors (Lipinski definition) is 3. The molecule has 0 fully saturated rings. The number of nitrogens with zero attached hydrogens (tertiary/aromatic N) is 1. The molecule has 0 unspecified atom stereocenters. The molecule has 1 aromatic rings. The topological polar surface area (TPSA) is 49.8 Å². The molecule has 106 valence electrons. The van der Waals surface area contributed by atoms with E-state index in [0.29, 0.717) is 6.54 Å². The first kappa shape index (κ1) is 15.3. The van der Waals surface area contributed by atoms with Crippen molar-refractivity contribution in [3.05, 3.63) is 28.8 Å². The van der Waals surface area contributed by atoms with Crippen molar-refractivity contribution in [1.29, 1.82) is 0 Å². The van der Waals surface area contributed by atoms with Crippen LogP contribution < -0.4 is 0 Å². The minimum Gasteiger partial charge on any atom is -0.508 e. The fraction of sp³-hybridized carbons (Fsp3) is 0.533. The van der Waals surface area contributed by atoms with Gasteiger partial charge in [0.1, 0.15) is 11.4 Å². The third-order valence-corrected chi connectivity index (χ3v) is 2.78. The summed E-state index contributed by atoms with van der Waals surface area (Å²) in [6.45, 7) is 9.84. The monoisotopic (exact) mass is 265 g/mol. The second-order valence-electron chi connectivity index (χ2n) is 5.89. The lowest BCUT2D eigenvalue weighted by molar-refractivity contribution is 0.0284. The minimum absolute atomic E-state index is 0.249. The average molecular weight is 265 g/mol. The lowest BCUT2D eigenvalue weighted by Crippen LogP contribution is -2.34. The average Bonchev–Trinajstić information content (AvgIpc) is 2.20. The largest absolute Gasteiger partial charge is 0.508 e. The maximum absolute atomic E-state index is 11.9. The summed E-state index contributed by atoms with van der Waals surface area (Å²) < 4.78 is 5.31. The molecule has 4 heteroatoms. The Balaban J connectivity index is 2.83. The van der Waals surface area contributed by atoms with Crippen LogP contribution in [0.4, 0.5) is 4.79 Å². The molecule has 0 spiro atoms. The van der Waals surface area contributed by atoms with Gasteiger partial charge in [0.2, 0.25) is 0 Å². The number of ether oxygens (including phenoxy) is 1. The molecule has 1 rings (SSSR count). The summed E-state index contributed by atoms with van der Waals surface area (Å²) in [6.07, 6.45) is -0.348. The summed E-state index contributed by atoms with van der Waals surface area (Å²) >= 11 is 0. The number of phenolic OH excluding ortho intramolecular Hbond substituents is 1. The van der Waals surface area contributed by atoms with Crippen molar-refractivity contribution in [2.24, 2.45) is 0 Å². The van der Waals surface area contributed by atoms with Crippen LogP contribution in [0.25, 0.3) is 0 Å². The normalized spacial score (nSPS) is 11.3. The van der Waals surface area contributed by atoms with Gasteiger partial charge in [-0.05, 0) is 63.4 Å². The first-order chi connectivity index (χ1) is 8.60. The van der Waals surface area contributed by atoms with Crippen molar-refractivity contribution in [3.8, 4) is 5.75 Å². The molecule has 0 aliphatic heterocycles.